The number of hydrogen-bond acceptors (Lipinski definition) is 5. The highest BCUT2D eigenvalue weighted by molar-refractivity contribution is 7.92. The molecule has 0 bridgehead atoms. The summed E-state index contributed by atoms with van der Waals surface area (Å²) < 4.78 is 38.8. The molecular formula is C18H22N2O4S. The number of anilines is 2. The Morgan fingerprint density at radius 1 is 1.12 bits per heavy atom. The van der Waals surface area contributed by atoms with E-state index in [-0.39, 0.29) is 4.90 Å². The molecule has 0 radical (unpaired) electrons. The Labute approximate surface area is 148 Å². The van der Waals surface area contributed by atoms with Gasteiger partial charge in [0.15, 0.2) is 0 Å². The van der Waals surface area contributed by atoms with Crippen molar-refractivity contribution >= 4 is 21.4 Å². The van der Waals surface area contributed by atoms with Gasteiger partial charge in [0.1, 0.15) is 10.6 Å². The predicted octanol–water partition coefficient (Wildman–Crippen LogP) is 2.64. The van der Waals surface area contributed by atoms with E-state index in [1.165, 1.54) is 7.11 Å². The van der Waals surface area contributed by atoms with Gasteiger partial charge in [-0.3, -0.25) is 4.72 Å². The second-order valence-electron chi connectivity index (χ2n) is 5.91. The van der Waals surface area contributed by atoms with Crippen LogP contribution in [0.2, 0.25) is 0 Å². The Balaban J connectivity index is 1.87. The Morgan fingerprint density at radius 2 is 1.88 bits per heavy atom. The van der Waals surface area contributed by atoms with Crippen molar-refractivity contribution in [2.24, 2.45) is 0 Å². The van der Waals surface area contributed by atoms with Crippen molar-refractivity contribution in [3.05, 3.63) is 48.0 Å². The number of methoxy groups -OCH3 is 1. The molecule has 0 amide bonds. The molecule has 2 aromatic rings. The van der Waals surface area contributed by atoms with Crippen LogP contribution in [-0.4, -0.2) is 41.8 Å². The Bertz CT molecular complexity index is 846. The van der Waals surface area contributed by atoms with E-state index in [9.17, 15) is 8.42 Å². The molecule has 1 aliphatic heterocycles. The summed E-state index contributed by atoms with van der Waals surface area (Å²) in [6.45, 7) is 4.79. The lowest BCUT2D eigenvalue weighted by Gasteiger charge is -2.29. The van der Waals surface area contributed by atoms with E-state index in [0.29, 0.717) is 24.7 Å². The molecule has 1 saturated heterocycles. The van der Waals surface area contributed by atoms with Crippen LogP contribution >= 0.6 is 0 Å². The Morgan fingerprint density at radius 3 is 2.60 bits per heavy atom. The fourth-order valence-electron chi connectivity index (χ4n) is 2.79. The van der Waals surface area contributed by atoms with E-state index in [4.69, 9.17) is 9.47 Å². The second-order valence-corrected chi connectivity index (χ2v) is 7.56. The molecule has 0 aliphatic carbocycles. The first kappa shape index (κ1) is 17.6. The number of nitrogens with zero attached hydrogens (tertiary/aromatic N) is 1. The lowest BCUT2D eigenvalue weighted by atomic mass is 10.2. The molecule has 0 atom stereocenters. The van der Waals surface area contributed by atoms with Crippen molar-refractivity contribution in [1.29, 1.82) is 0 Å². The molecule has 3 rings (SSSR count). The van der Waals surface area contributed by atoms with Crippen molar-refractivity contribution < 1.29 is 17.9 Å². The van der Waals surface area contributed by atoms with Gasteiger partial charge in [-0.25, -0.2) is 8.42 Å². The molecular weight excluding hydrogens is 340 g/mol. The summed E-state index contributed by atoms with van der Waals surface area (Å²) in [6.07, 6.45) is 0. The smallest absolute Gasteiger partial charge is 0.265 e. The third kappa shape index (κ3) is 4.05. The van der Waals surface area contributed by atoms with Crippen molar-refractivity contribution in [2.45, 2.75) is 11.8 Å². The minimum atomic E-state index is -3.74. The zero-order valence-electron chi connectivity index (χ0n) is 14.4. The number of benzene rings is 2. The van der Waals surface area contributed by atoms with Crippen LogP contribution in [0.15, 0.2) is 47.4 Å². The summed E-state index contributed by atoms with van der Waals surface area (Å²) in [6, 6.07) is 12.5. The van der Waals surface area contributed by atoms with Crippen LogP contribution in [0.3, 0.4) is 0 Å². The van der Waals surface area contributed by atoms with Crippen LogP contribution < -0.4 is 14.4 Å². The largest absolute Gasteiger partial charge is 0.495 e. The average molecular weight is 362 g/mol. The maximum Gasteiger partial charge on any atom is 0.265 e. The third-order valence-electron chi connectivity index (χ3n) is 4.08. The van der Waals surface area contributed by atoms with Crippen LogP contribution in [0.1, 0.15) is 5.56 Å². The summed E-state index contributed by atoms with van der Waals surface area (Å²) in [5, 5.41) is 0. The van der Waals surface area contributed by atoms with Crippen molar-refractivity contribution in [1.82, 2.24) is 0 Å². The normalized spacial score (nSPS) is 15.0. The zero-order valence-corrected chi connectivity index (χ0v) is 15.2. The van der Waals surface area contributed by atoms with Gasteiger partial charge in [0.05, 0.1) is 26.0 Å². The van der Waals surface area contributed by atoms with E-state index in [1.54, 1.807) is 18.2 Å². The predicted molar refractivity (Wildman–Crippen MR) is 98.0 cm³/mol. The fourth-order valence-corrected chi connectivity index (χ4v) is 4.10. The first-order chi connectivity index (χ1) is 12.0. The Kier molecular flexibility index (Phi) is 5.15. The molecule has 1 heterocycles. The minimum absolute atomic E-state index is 0.131. The van der Waals surface area contributed by atoms with Gasteiger partial charge in [-0.05, 0) is 42.8 Å². The average Bonchev–Trinajstić information content (AvgIpc) is 2.62. The molecule has 0 aromatic heterocycles. The van der Waals surface area contributed by atoms with E-state index >= 15 is 0 Å². The molecule has 2 aromatic carbocycles. The van der Waals surface area contributed by atoms with Crippen molar-refractivity contribution in [3.63, 3.8) is 0 Å². The van der Waals surface area contributed by atoms with Crippen molar-refractivity contribution in [3.8, 4) is 5.75 Å². The van der Waals surface area contributed by atoms with Crippen LogP contribution in [0, 0.1) is 6.92 Å². The lowest BCUT2D eigenvalue weighted by molar-refractivity contribution is 0.122. The molecule has 134 valence electrons. The maximum absolute atomic E-state index is 12.8. The van der Waals surface area contributed by atoms with Gasteiger partial charge in [-0.15, -0.1) is 0 Å². The SMILES string of the molecule is COc1ccc(C)cc1S(=O)(=O)Nc1cccc(N2CCOCC2)c1. The molecule has 25 heavy (non-hydrogen) atoms. The molecule has 1 fully saturated rings. The van der Waals surface area contributed by atoms with E-state index in [1.807, 2.05) is 31.2 Å². The molecule has 0 spiro atoms. The standard InChI is InChI=1S/C18H22N2O4S/c1-14-6-7-17(23-2)18(12-14)25(21,22)19-15-4-3-5-16(13-15)20-8-10-24-11-9-20/h3-7,12-13,19H,8-11H2,1-2H3. The number of sulfonamides is 1. The number of rotatable bonds is 5. The van der Waals surface area contributed by atoms with Gasteiger partial charge >= 0.3 is 0 Å². The fraction of sp³-hybridized carbons (Fsp3) is 0.333. The van der Waals surface area contributed by atoms with E-state index in [0.717, 1.165) is 24.3 Å². The number of aryl methyl sites for hydroxylation is 1. The third-order valence-corrected chi connectivity index (χ3v) is 5.49. The van der Waals surface area contributed by atoms with Crippen LogP contribution in [0.25, 0.3) is 0 Å². The highest BCUT2D eigenvalue weighted by Gasteiger charge is 2.20. The topological polar surface area (TPSA) is 67.9 Å². The van der Waals surface area contributed by atoms with Gasteiger partial charge in [-0.1, -0.05) is 12.1 Å². The van der Waals surface area contributed by atoms with Gasteiger partial charge in [0, 0.05) is 18.8 Å². The molecule has 7 heteroatoms. The Hall–Kier alpha value is -2.25. The number of ether oxygens (including phenoxy) is 2. The summed E-state index contributed by atoms with van der Waals surface area (Å²) >= 11 is 0. The van der Waals surface area contributed by atoms with Crippen LogP contribution in [-0.2, 0) is 14.8 Å². The van der Waals surface area contributed by atoms with Crippen LogP contribution in [0.4, 0.5) is 11.4 Å². The van der Waals surface area contributed by atoms with Gasteiger partial charge in [-0.2, -0.15) is 0 Å². The molecule has 6 nitrogen and oxygen atoms in total. The molecule has 0 saturated carbocycles. The van der Waals surface area contributed by atoms with Gasteiger partial charge in [0.25, 0.3) is 10.0 Å². The van der Waals surface area contributed by atoms with E-state index < -0.39 is 10.0 Å². The highest BCUT2D eigenvalue weighted by Crippen LogP contribution is 2.28. The first-order valence-electron chi connectivity index (χ1n) is 8.10. The molecule has 1 N–H and O–H groups in total. The lowest BCUT2D eigenvalue weighted by Crippen LogP contribution is -2.36. The van der Waals surface area contributed by atoms with Crippen LogP contribution in [0.5, 0.6) is 5.75 Å². The zero-order chi connectivity index (χ0) is 17.9. The number of morpholine rings is 1. The van der Waals surface area contributed by atoms with Gasteiger partial charge < -0.3 is 14.4 Å². The monoisotopic (exact) mass is 362 g/mol. The summed E-state index contributed by atoms with van der Waals surface area (Å²) in [5.41, 5.74) is 2.34. The number of hydrogen-bond donors (Lipinski definition) is 1. The highest BCUT2D eigenvalue weighted by atomic mass is 32.2. The first-order valence-corrected chi connectivity index (χ1v) is 9.58. The molecule has 1 aliphatic rings. The van der Waals surface area contributed by atoms with Crippen molar-refractivity contribution in [2.75, 3.05) is 43.0 Å². The quantitative estimate of drug-likeness (QED) is 0.886. The van der Waals surface area contributed by atoms with Gasteiger partial charge in [0.2, 0.25) is 0 Å². The number of nitrogens with one attached hydrogen (secondary N) is 1. The minimum Gasteiger partial charge on any atom is -0.495 e. The summed E-state index contributed by atoms with van der Waals surface area (Å²) in [4.78, 5) is 2.31. The summed E-state index contributed by atoms with van der Waals surface area (Å²) in [7, 11) is -2.28. The second kappa shape index (κ2) is 7.33. The van der Waals surface area contributed by atoms with E-state index in [2.05, 4.69) is 9.62 Å². The summed E-state index contributed by atoms with van der Waals surface area (Å²) in [5.74, 6) is 0.322. The molecule has 0 unspecified atom stereocenters. The maximum atomic E-state index is 12.8.